The summed E-state index contributed by atoms with van der Waals surface area (Å²) < 4.78 is 10.6. The summed E-state index contributed by atoms with van der Waals surface area (Å²) in [4.78, 5) is 10.1. The maximum Gasteiger partial charge on any atom is 0.191 e. The van der Waals surface area contributed by atoms with Gasteiger partial charge in [0, 0.05) is 32.8 Å². The van der Waals surface area contributed by atoms with Crippen molar-refractivity contribution in [3.8, 4) is 5.75 Å². The summed E-state index contributed by atoms with van der Waals surface area (Å²) >= 11 is 0. The van der Waals surface area contributed by atoms with Crippen molar-refractivity contribution in [1.29, 1.82) is 0 Å². The van der Waals surface area contributed by atoms with Crippen LogP contribution in [0.25, 0.3) is 0 Å². The van der Waals surface area contributed by atoms with Gasteiger partial charge in [-0.3, -0.25) is 14.8 Å². The SMILES string of the molecule is CCNC(=NCC(c1ccc(OC)cc1)N1CCCC1)NCC1CCCN1CCOC.I. The quantitative estimate of drug-likeness (QED) is 0.247. The molecule has 1 aromatic rings. The fraction of sp³-hybridized carbons (Fsp3) is 0.708. The van der Waals surface area contributed by atoms with Crippen molar-refractivity contribution in [2.45, 2.75) is 44.7 Å². The van der Waals surface area contributed by atoms with Crippen LogP contribution >= 0.6 is 24.0 Å². The van der Waals surface area contributed by atoms with Gasteiger partial charge in [0.25, 0.3) is 0 Å². The summed E-state index contributed by atoms with van der Waals surface area (Å²) in [5.74, 6) is 1.82. The van der Waals surface area contributed by atoms with Gasteiger partial charge >= 0.3 is 0 Å². The van der Waals surface area contributed by atoms with Crippen LogP contribution in [0.1, 0.15) is 44.2 Å². The molecule has 0 aliphatic carbocycles. The van der Waals surface area contributed by atoms with Gasteiger partial charge in [-0.2, -0.15) is 0 Å². The molecule has 0 saturated carbocycles. The molecule has 1 aromatic carbocycles. The maximum absolute atomic E-state index is 5.35. The molecular formula is C24H42IN5O2. The van der Waals surface area contributed by atoms with Crippen LogP contribution in [0.4, 0.5) is 0 Å². The third kappa shape index (κ3) is 8.04. The number of benzene rings is 1. The van der Waals surface area contributed by atoms with Gasteiger partial charge in [0.1, 0.15) is 5.75 Å². The zero-order valence-corrected chi connectivity index (χ0v) is 22.3. The van der Waals surface area contributed by atoms with E-state index in [2.05, 4.69) is 51.6 Å². The molecule has 2 saturated heterocycles. The number of nitrogens with one attached hydrogen (secondary N) is 2. The Labute approximate surface area is 211 Å². The van der Waals surface area contributed by atoms with Crippen LogP contribution in [0.3, 0.4) is 0 Å². The van der Waals surface area contributed by atoms with Gasteiger partial charge in [0.2, 0.25) is 0 Å². The number of rotatable bonds is 11. The molecule has 2 unspecified atom stereocenters. The van der Waals surface area contributed by atoms with Gasteiger partial charge < -0.3 is 20.1 Å². The van der Waals surface area contributed by atoms with Crippen molar-refractivity contribution in [1.82, 2.24) is 20.4 Å². The number of hydrogen-bond donors (Lipinski definition) is 2. The smallest absolute Gasteiger partial charge is 0.191 e. The van der Waals surface area contributed by atoms with E-state index >= 15 is 0 Å². The lowest BCUT2D eigenvalue weighted by molar-refractivity contribution is 0.141. The summed E-state index contributed by atoms with van der Waals surface area (Å²) in [5.41, 5.74) is 1.31. The largest absolute Gasteiger partial charge is 0.497 e. The van der Waals surface area contributed by atoms with Crippen LogP contribution in [0.5, 0.6) is 5.75 Å². The molecule has 0 bridgehead atoms. The van der Waals surface area contributed by atoms with E-state index < -0.39 is 0 Å². The van der Waals surface area contributed by atoms with Crippen LogP contribution in [0.2, 0.25) is 0 Å². The summed E-state index contributed by atoms with van der Waals surface area (Å²) in [6.45, 7) is 9.92. The molecule has 7 nitrogen and oxygen atoms in total. The molecule has 2 fully saturated rings. The van der Waals surface area contributed by atoms with Crippen LogP contribution in [-0.2, 0) is 4.74 Å². The molecule has 2 atom stereocenters. The average Bonchev–Trinajstić information content (AvgIpc) is 3.49. The van der Waals surface area contributed by atoms with Crippen molar-refractivity contribution < 1.29 is 9.47 Å². The van der Waals surface area contributed by atoms with Crippen LogP contribution in [0.15, 0.2) is 29.3 Å². The molecule has 3 rings (SSSR count). The highest BCUT2D eigenvalue weighted by Crippen LogP contribution is 2.27. The topological polar surface area (TPSA) is 61.4 Å². The lowest BCUT2D eigenvalue weighted by Crippen LogP contribution is -2.45. The molecule has 0 spiro atoms. The minimum absolute atomic E-state index is 0. The van der Waals surface area contributed by atoms with E-state index in [1.54, 1.807) is 14.2 Å². The van der Waals surface area contributed by atoms with Crippen molar-refractivity contribution in [3.05, 3.63) is 29.8 Å². The number of hydrogen-bond acceptors (Lipinski definition) is 5. The standard InChI is InChI=1S/C24H41N5O2.HI/c1-4-25-24(26-18-21-8-7-15-28(21)16-17-30-2)27-19-23(29-13-5-6-14-29)20-9-11-22(31-3)12-10-20;/h9-12,21,23H,4-8,13-19H2,1-3H3,(H2,25,26,27);1H. The predicted octanol–water partition coefficient (Wildman–Crippen LogP) is 3.12. The summed E-state index contributed by atoms with van der Waals surface area (Å²) in [7, 11) is 3.49. The van der Waals surface area contributed by atoms with E-state index in [4.69, 9.17) is 14.5 Å². The van der Waals surface area contributed by atoms with Crippen LogP contribution < -0.4 is 15.4 Å². The molecule has 2 N–H and O–H groups in total. The summed E-state index contributed by atoms with van der Waals surface area (Å²) in [6.07, 6.45) is 5.04. The highest BCUT2D eigenvalue weighted by Gasteiger charge is 2.25. The Morgan fingerprint density at radius 2 is 1.84 bits per heavy atom. The first-order chi connectivity index (χ1) is 15.2. The van der Waals surface area contributed by atoms with Crippen molar-refractivity contribution in [3.63, 3.8) is 0 Å². The van der Waals surface area contributed by atoms with Gasteiger partial charge in [-0.15, -0.1) is 24.0 Å². The Hall–Kier alpha value is -1.10. The van der Waals surface area contributed by atoms with E-state index in [0.717, 1.165) is 64.1 Å². The maximum atomic E-state index is 5.35. The van der Waals surface area contributed by atoms with E-state index in [1.165, 1.54) is 31.2 Å². The average molecular weight is 560 g/mol. The highest BCUT2D eigenvalue weighted by molar-refractivity contribution is 14.0. The molecule has 182 valence electrons. The van der Waals surface area contributed by atoms with E-state index in [0.29, 0.717) is 12.1 Å². The molecule has 2 heterocycles. The van der Waals surface area contributed by atoms with Gasteiger partial charge in [-0.05, 0) is 69.9 Å². The first-order valence-electron chi connectivity index (χ1n) is 11.9. The molecule has 2 aliphatic rings. The number of halogens is 1. The van der Waals surface area contributed by atoms with Crippen molar-refractivity contribution in [2.24, 2.45) is 4.99 Å². The zero-order chi connectivity index (χ0) is 21.9. The van der Waals surface area contributed by atoms with Gasteiger partial charge in [-0.25, -0.2) is 0 Å². The molecule has 0 aromatic heterocycles. The number of guanidine groups is 1. The van der Waals surface area contributed by atoms with Gasteiger partial charge in [0.15, 0.2) is 5.96 Å². The van der Waals surface area contributed by atoms with Crippen molar-refractivity contribution in [2.75, 3.05) is 66.6 Å². The Kier molecular flexibility index (Phi) is 12.7. The fourth-order valence-electron chi connectivity index (χ4n) is 4.67. The van der Waals surface area contributed by atoms with Gasteiger partial charge in [0.05, 0.1) is 26.3 Å². The molecule has 0 radical (unpaired) electrons. The summed E-state index contributed by atoms with van der Waals surface area (Å²) in [6, 6.07) is 9.33. The monoisotopic (exact) mass is 559 g/mol. The minimum Gasteiger partial charge on any atom is -0.497 e. The summed E-state index contributed by atoms with van der Waals surface area (Å²) in [5, 5.41) is 7.04. The zero-order valence-electron chi connectivity index (χ0n) is 20.0. The number of aliphatic imine (C=N–C) groups is 1. The normalized spacial score (nSPS) is 20.7. The second-order valence-electron chi connectivity index (χ2n) is 8.46. The minimum atomic E-state index is 0. The number of likely N-dealkylation sites (tertiary alicyclic amines) is 2. The van der Waals surface area contributed by atoms with E-state index in [9.17, 15) is 0 Å². The van der Waals surface area contributed by atoms with E-state index in [-0.39, 0.29) is 24.0 Å². The van der Waals surface area contributed by atoms with E-state index in [1.807, 2.05) is 0 Å². The first kappa shape index (κ1) is 27.1. The molecule has 8 heteroatoms. The van der Waals surface area contributed by atoms with Gasteiger partial charge in [-0.1, -0.05) is 12.1 Å². The van der Waals surface area contributed by atoms with Crippen LogP contribution in [0, 0.1) is 0 Å². The molecule has 2 aliphatic heterocycles. The molecule has 0 amide bonds. The highest BCUT2D eigenvalue weighted by atomic mass is 127. The Morgan fingerprint density at radius 1 is 1.09 bits per heavy atom. The lowest BCUT2D eigenvalue weighted by atomic mass is 10.1. The third-order valence-corrected chi connectivity index (χ3v) is 6.44. The Balaban J connectivity index is 0.00000363. The fourth-order valence-corrected chi connectivity index (χ4v) is 4.67. The molecular weight excluding hydrogens is 517 g/mol. The molecule has 32 heavy (non-hydrogen) atoms. The predicted molar refractivity (Wildman–Crippen MR) is 142 cm³/mol. The van der Waals surface area contributed by atoms with Crippen LogP contribution in [-0.4, -0.2) is 88.4 Å². The number of nitrogens with zero attached hydrogens (tertiary/aromatic N) is 3. The first-order valence-corrected chi connectivity index (χ1v) is 11.9. The second kappa shape index (κ2) is 14.9. The number of ether oxygens (including phenoxy) is 2. The Morgan fingerprint density at radius 3 is 2.50 bits per heavy atom. The number of methoxy groups -OCH3 is 2. The van der Waals surface area contributed by atoms with Crippen molar-refractivity contribution >= 4 is 29.9 Å². The second-order valence-corrected chi connectivity index (χ2v) is 8.46. The third-order valence-electron chi connectivity index (χ3n) is 6.44. The Bertz CT molecular complexity index is 667. The lowest BCUT2D eigenvalue weighted by Gasteiger charge is -2.28.